The number of aryl methyl sites for hydroxylation is 1. The number of aromatic nitrogens is 2. The first-order valence-corrected chi connectivity index (χ1v) is 7.44. The maximum Gasteiger partial charge on any atom is 0.124 e. The highest BCUT2D eigenvalue weighted by molar-refractivity contribution is 6.30. The van der Waals surface area contributed by atoms with Gasteiger partial charge >= 0.3 is 0 Å². The summed E-state index contributed by atoms with van der Waals surface area (Å²) in [4.78, 5) is 0. The van der Waals surface area contributed by atoms with Crippen molar-refractivity contribution < 1.29 is 4.74 Å². The summed E-state index contributed by atoms with van der Waals surface area (Å²) in [6.45, 7) is 5.79. The molecule has 0 bridgehead atoms. The SMILES string of the molecule is CNCCc1c(C)nn(Cc2cc(Cl)ccc2OC)c1C. The predicted molar refractivity (Wildman–Crippen MR) is 86.4 cm³/mol. The van der Waals surface area contributed by atoms with Crippen LogP contribution in [0.15, 0.2) is 18.2 Å². The van der Waals surface area contributed by atoms with E-state index in [1.807, 2.05) is 29.9 Å². The number of halogens is 1. The molecule has 1 aromatic carbocycles. The number of hydrogen-bond donors (Lipinski definition) is 1. The van der Waals surface area contributed by atoms with Crippen LogP contribution >= 0.6 is 11.6 Å². The number of likely N-dealkylation sites (N-methyl/N-ethyl adjacent to an activating group) is 1. The van der Waals surface area contributed by atoms with Gasteiger partial charge in [0.1, 0.15) is 5.75 Å². The molecule has 0 amide bonds. The van der Waals surface area contributed by atoms with Gasteiger partial charge in [-0.2, -0.15) is 5.10 Å². The number of methoxy groups -OCH3 is 1. The van der Waals surface area contributed by atoms with Gasteiger partial charge in [-0.25, -0.2) is 0 Å². The summed E-state index contributed by atoms with van der Waals surface area (Å²) in [5.41, 5.74) is 4.63. The molecule has 0 fully saturated rings. The molecular weight excluding hydrogens is 286 g/mol. The molecule has 0 radical (unpaired) electrons. The smallest absolute Gasteiger partial charge is 0.124 e. The highest BCUT2D eigenvalue weighted by atomic mass is 35.5. The third-order valence-electron chi connectivity index (χ3n) is 3.72. The van der Waals surface area contributed by atoms with Crippen molar-refractivity contribution in [1.29, 1.82) is 0 Å². The average molecular weight is 308 g/mol. The first-order chi connectivity index (χ1) is 10.1. The van der Waals surface area contributed by atoms with Crippen LogP contribution in [-0.4, -0.2) is 30.5 Å². The first-order valence-electron chi connectivity index (χ1n) is 7.06. The van der Waals surface area contributed by atoms with Gasteiger partial charge in [0.15, 0.2) is 0 Å². The lowest BCUT2D eigenvalue weighted by Gasteiger charge is -2.10. The molecule has 0 atom stereocenters. The molecule has 0 saturated carbocycles. The highest BCUT2D eigenvalue weighted by Gasteiger charge is 2.13. The Bertz CT molecular complexity index is 622. The molecule has 0 spiro atoms. The van der Waals surface area contributed by atoms with Crippen LogP contribution in [0.3, 0.4) is 0 Å². The van der Waals surface area contributed by atoms with Crippen molar-refractivity contribution in [2.24, 2.45) is 0 Å². The molecule has 2 aromatic rings. The Morgan fingerprint density at radius 2 is 2.10 bits per heavy atom. The summed E-state index contributed by atoms with van der Waals surface area (Å²) in [6, 6.07) is 5.67. The average Bonchev–Trinajstić information content (AvgIpc) is 2.72. The third-order valence-corrected chi connectivity index (χ3v) is 3.95. The largest absolute Gasteiger partial charge is 0.496 e. The minimum atomic E-state index is 0.663. The van der Waals surface area contributed by atoms with E-state index in [0.717, 1.165) is 30.0 Å². The highest BCUT2D eigenvalue weighted by Crippen LogP contribution is 2.24. The normalized spacial score (nSPS) is 10.9. The number of rotatable bonds is 6. The van der Waals surface area contributed by atoms with Gasteiger partial charge in [-0.3, -0.25) is 4.68 Å². The quantitative estimate of drug-likeness (QED) is 0.892. The van der Waals surface area contributed by atoms with Crippen molar-refractivity contribution in [3.63, 3.8) is 0 Å². The lowest BCUT2D eigenvalue weighted by atomic mass is 10.1. The van der Waals surface area contributed by atoms with E-state index in [4.69, 9.17) is 16.3 Å². The Morgan fingerprint density at radius 1 is 1.33 bits per heavy atom. The standard InChI is InChI=1S/C16H22ClN3O/c1-11-15(7-8-18-3)12(2)20(19-11)10-13-9-14(17)5-6-16(13)21-4/h5-6,9,18H,7-8,10H2,1-4H3. The van der Waals surface area contributed by atoms with Crippen LogP contribution in [0.1, 0.15) is 22.5 Å². The second-order valence-corrected chi connectivity index (χ2v) is 5.55. The van der Waals surface area contributed by atoms with Crippen LogP contribution < -0.4 is 10.1 Å². The van der Waals surface area contributed by atoms with E-state index >= 15 is 0 Å². The Hall–Kier alpha value is -1.52. The number of nitrogens with one attached hydrogen (secondary N) is 1. The van der Waals surface area contributed by atoms with Gasteiger partial charge in [-0.1, -0.05) is 11.6 Å². The molecule has 0 aliphatic heterocycles. The summed E-state index contributed by atoms with van der Waals surface area (Å²) >= 11 is 6.09. The Balaban J connectivity index is 2.30. The van der Waals surface area contributed by atoms with Gasteiger partial charge in [0.2, 0.25) is 0 Å². The van der Waals surface area contributed by atoms with Crippen LogP contribution in [0.25, 0.3) is 0 Å². The monoisotopic (exact) mass is 307 g/mol. The molecule has 0 saturated heterocycles. The van der Waals surface area contributed by atoms with Gasteiger partial charge in [-0.15, -0.1) is 0 Å². The van der Waals surface area contributed by atoms with Crippen LogP contribution in [0.5, 0.6) is 5.75 Å². The summed E-state index contributed by atoms with van der Waals surface area (Å²) in [5.74, 6) is 0.837. The third kappa shape index (κ3) is 3.57. The zero-order valence-electron chi connectivity index (χ0n) is 13.0. The van der Waals surface area contributed by atoms with Gasteiger partial charge < -0.3 is 10.1 Å². The van der Waals surface area contributed by atoms with Crippen LogP contribution in [0, 0.1) is 13.8 Å². The minimum absolute atomic E-state index is 0.663. The molecule has 1 aromatic heterocycles. The fraction of sp³-hybridized carbons (Fsp3) is 0.438. The topological polar surface area (TPSA) is 39.1 Å². The van der Waals surface area contributed by atoms with Gasteiger partial charge in [0.05, 0.1) is 19.3 Å². The molecule has 0 aliphatic carbocycles. The van der Waals surface area contributed by atoms with E-state index in [1.165, 1.54) is 11.3 Å². The molecule has 4 nitrogen and oxygen atoms in total. The Labute approximate surface area is 131 Å². The van der Waals surface area contributed by atoms with Crippen molar-refractivity contribution in [2.75, 3.05) is 20.7 Å². The number of hydrogen-bond acceptors (Lipinski definition) is 3. The number of nitrogens with zero attached hydrogens (tertiary/aromatic N) is 2. The Kier molecular flexibility index (Phi) is 5.26. The van der Waals surface area contributed by atoms with Gasteiger partial charge in [-0.05, 0) is 57.6 Å². The maximum absolute atomic E-state index is 6.09. The van der Waals surface area contributed by atoms with Crippen LogP contribution in [-0.2, 0) is 13.0 Å². The molecular formula is C16H22ClN3O. The van der Waals surface area contributed by atoms with Crippen molar-refractivity contribution in [1.82, 2.24) is 15.1 Å². The zero-order chi connectivity index (χ0) is 15.4. The maximum atomic E-state index is 6.09. The molecule has 1 heterocycles. The molecule has 21 heavy (non-hydrogen) atoms. The van der Waals surface area contributed by atoms with Crippen molar-refractivity contribution in [3.8, 4) is 5.75 Å². The van der Waals surface area contributed by atoms with Crippen molar-refractivity contribution in [3.05, 3.63) is 45.7 Å². The lowest BCUT2D eigenvalue weighted by Crippen LogP contribution is -2.11. The summed E-state index contributed by atoms with van der Waals surface area (Å²) in [6.07, 6.45) is 0.987. The van der Waals surface area contributed by atoms with E-state index < -0.39 is 0 Å². The lowest BCUT2D eigenvalue weighted by molar-refractivity contribution is 0.407. The minimum Gasteiger partial charge on any atom is -0.496 e. The van der Waals surface area contributed by atoms with E-state index in [2.05, 4.69) is 24.3 Å². The van der Waals surface area contributed by atoms with E-state index in [1.54, 1.807) is 7.11 Å². The summed E-state index contributed by atoms with van der Waals surface area (Å²) in [7, 11) is 3.64. The summed E-state index contributed by atoms with van der Waals surface area (Å²) < 4.78 is 7.43. The van der Waals surface area contributed by atoms with Crippen molar-refractivity contribution in [2.45, 2.75) is 26.8 Å². The van der Waals surface area contributed by atoms with E-state index in [0.29, 0.717) is 11.6 Å². The van der Waals surface area contributed by atoms with E-state index in [-0.39, 0.29) is 0 Å². The molecule has 5 heteroatoms. The molecule has 1 N–H and O–H groups in total. The van der Waals surface area contributed by atoms with Crippen LogP contribution in [0.2, 0.25) is 5.02 Å². The fourth-order valence-corrected chi connectivity index (χ4v) is 2.73. The predicted octanol–water partition coefficient (Wildman–Crippen LogP) is 2.97. The zero-order valence-corrected chi connectivity index (χ0v) is 13.8. The Morgan fingerprint density at radius 3 is 2.76 bits per heavy atom. The van der Waals surface area contributed by atoms with E-state index in [9.17, 15) is 0 Å². The van der Waals surface area contributed by atoms with Crippen molar-refractivity contribution >= 4 is 11.6 Å². The second kappa shape index (κ2) is 6.96. The molecule has 0 aliphatic rings. The molecule has 2 rings (SSSR count). The molecule has 114 valence electrons. The van der Waals surface area contributed by atoms with Crippen LogP contribution in [0.4, 0.5) is 0 Å². The first kappa shape index (κ1) is 15.9. The summed E-state index contributed by atoms with van der Waals surface area (Å²) in [5, 5.41) is 8.55. The number of benzene rings is 1. The fourth-order valence-electron chi connectivity index (χ4n) is 2.53. The van der Waals surface area contributed by atoms with Gasteiger partial charge in [0.25, 0.3) is 0 Å². The number of ether oxygens (including phenoxy) is 1. The van der Waals surface area contributed by atoms with Gasteiger partial charge in [0, 0.05) is 16.3 Å². The second-order valence-electron chi connectivity index (χ2n) is 5.12. The molecule has 0 unspecified atom stereocenters.